The predicted molar refractivity (Wildman–Crippen MR) is 80.8 cm³/mol. The third kappa shape index (κ3) is 3.52. The van der Waals surface area contributed by atoms with E-state index in [2.05, 4.69) is 27.5 Å². The van der Waals surface area contributed by atoms with Gasteiger partial charge in [0.05, 0.1) is 23.3 Å². The van der Waals surface area contributed by atoms with Gasteiger partial charge in [-0.1, -0.05) is 45.9 Å². The van der Waals surface area contributed by atoms with Crippen LogP contribution in [-0.2, 0) is 11.3 Å². The fourth-order valence-corrected chi connectivity index (χ4v) is 2.84. The molecule has 0 spiro atoms. The molecule has 0 aliphatic carbocycles. The number of carboxylic acids is 1. The van der Waals surface area contributed by atoms with Crippen LogP contribution in [0, 0.1) is 0 Å². The number of halogens is 2. The molecule has 1 N–H and O–H groups in total. The first kappa shape index (κ1) is 14.4. The second kappa shape index (κ2) is 5.98. The fourth-order valence-electron chi connectivity index (χ4n) is 1.64. The van der Waals surface area contributed by atoms with Gasteiger partial charge in [0.2, 0.25) is 0 Å². The monoisotopic (exact) mass is 360 g/mol. The number of benzene rings is 1. The Morgan fingerprint density at radius 1 is 1.58 bits per heavy atom. The topological polar surface area (TPSA) is 55.1 Å². The Labute approximate surface area is 127 Å². The van der Waals surface area contributed by atoms with Crippen molar-refractivity contribution in [3.05, 3.63) is 34.3 Å². The molecule has 2 rings (SSSR count). The molecule has 0 aliphatic heterocycles. The van der Waals surface area contributed by atoms with Gasteiger partial charge in [-0.25, -0.2) is 4.98 Å². The largest absolute Gasteiger partial charge is 0.481 e. The van der Waals surface area contributed by atoms with Crippen molar-refractivity contribution in [3.8, 4) is 0 Å². The lowest BCUT2D eigenvalue weighted by Crippen LogP contribution is -2.03. The van der Waals surface area contributed by atoms with Gasteiger partial charge in [-0.15, -0.1) is 0 Å². The van der Waals surface area contributed by atoms with Gasteiger partial charge < -0.3 is 9.67 Å². The highest BCUT2D eigenvalue weighted by atomic mass is 79.9. The van der Waals surface area contributed by atoms with Gasteiger partial charge in [0, 0.05) is 9.51 Å². The molecule has 0 radical (unpaired) electrons. The van der Waals surface area contributed by atoms with E-state index in [4.69, 9.17) is 16.7 Å². The van der Waals surface area contributed by atoms with Crippen LogP contribution in [0.4, 0.5) is 0 Å². The molecule has 2 aromatic rings. The van der Waals surface area contributed by atoms with E-state index in [1.165, 1.54) is 11.8 Å². The summed E-state index contributed by atoms with van der Waals surface area (Å²) in [5.41, 5.74) is 1.69. The minimum Gasteiger partial charge on any atom is -0.481 e. The van der Waals surface area contributed by atoms with Crippen molar-refractivity contribution in [2.45, 2.75) is 11.7 Å². The number of aliphatic carboxylic acids is 1. The fraction of sp³-hybridized carbons (Fsp3) is 0.167. The number of aromatic nitrogens is 2. The zero-order chi connectivity index (χ0) is 14.0. The Kier molecular flexibility index (Phi) is 4.54. The van der Waals surface area contributed by atoms with Gasteiger partial charge in [-0.2, -0.15) is 0 Å². The summed E-state index contributed by atoms with van der Waals surface area (Å²) in [4.78, 5) is 15.1. The molecule has 0 atom stereocenters. The third-order valence-electron chi connectivity index (χ3n) is 2.33. The highest BCUT2D eigenvalue weighted by molar-refractivity contribution is 9.10. The van der Waals surface area contributed by atoms with Crippen LogP contribution < -0.4 is 0 Å². The Morgan fingerprint density at radius 2 is 2.32 bits per heavy atom. The van der Waals surface area contributed by atoms with Crippen LogP contribution in [-0.4, -0.2) is 26.4 Å². The summed E-state index contributed by atoms with van der Waals surface area (Å²) in [5, 5.41) is 9.85. The van der Waals surface area contributed by atoms with Crippen molar-refractivity contribution in [2.24, 2.45) is 0 Å². The van der Waals surface area contributed by atoms with E-state index < -0.39 is 5.97 Å². The predicted octanol–water partition coefficient (Wildman–Crippen LogP) is 3.73. The third-order valence-corrected chi connectivity index (χ3v) is 3.90. The number of fused-ring (bicyclic) bond motifs is 1. The summed E-state index contributed by atoms with van der Waals surface area (Å²) in [6, 6.07) is 5.70. The summed E-state index contributed by atoms with van der Waals surface area (Å²) >= 11 is 10.4. The van der Waals surface area contributed by atoms with E-state index in [-0.39, 0.29) is 5.75 Å². The van der Waals surface area contributed by atoms with Crippen molar-refractivity contribution >= 4 is 56.3 Å². The summed E-state index contributed by atoms with van der Waals surface area (Å²) in [7, 11) is 0. The zero-order valence-electron chi connectivity index (χ0n) is 9.77. The standard InChI is InChI=1S/C12H10BrClN2O2S/c1-7(14)5-16-10-3-2-8(13)4-9(10)15-12(16)19-6-11(17)18/h2-4H,1,5-6H2,(H,17,18). The first-order valence-electron chi connectivity index (χ1n) is 5.31. The van der Waals surface area contributed by atoms with Gasteiger partial charge in [-0.05, 0) is 18.2 Å². The molecule has 0 saturated heterocycles. The molecule has 4 nitrogen and oxygen atoms in total. The van der Waals surface area contributed by atoms with E-state index in [1.54, 1.807) is 0 Å². The maximum Gasteiger partial charge on any atom is 0.313 e. The molecular weight excluding hydrogens is 352 g/mol. The number of hydrogen-bond donors (Lipinski definition) is 1. The maximum atomic E-state index is 10.7. The van der Waals surface area contributed by atoms with Crippen molar-refractivity contribution < 1.29 is 9.90 Å². The van der Waals surface area contributed by atoms with E-state index in [0.717, 1.165) is 15.5 Å². The number of imidazole rings is 1. The molecule has 100 valence electrons. The van der Waals surface area contributed by atoms with Crippen LogP contribution in [0.25, 0.3) is 11.0 Å². The number of hydrogen-bond acceptors (Lipinski definition) is 3. The van der Waals surface area contributed by atoms with Crippen LogP contribution in [0.1, 0.15) is 0 Å². The first-order chi connectivity index (χ1) is 8.97. The van der Waals surface area contributed by atoms with Crippen molar-refractivity contribution in [2.75, 3.05) is 5.75 Å². The highest BCUT2D eigenvalue weighted by Crippen LogP contribution is 2.27. The molecular formula is C12H10BrClN2O2S. The quantitative estimate of drug-likeness (QED) is 0.825. The average Bonchev–Trinajstić information content (AvgIpc) is 2.63. The molecule has 0 saturated carbocycles. The van der Waals surface area contributed by atoms with Gasteiger partial charge in [-0.3, -0.25) is 4.79 Å². The van der Waals surface area contributed by atoms with Crippen molar-refractivity contribution in [1.29, 1.82) is 0 Å². The molecule has 19 heavy (non-hydrogen) atoms. The molecule has 7 heteroatoms. The second-order valence-corrected chi connectivity index (χ2v) is 6.21. The van der Waals surface area contributed by atoms with Crippen LogP contribution in [0.3, 0.4) is 0 Å². The molecule has 1 aromatic carbocycles. The zero-order valence-corrected chi connectivity index (χ0v) is 12.9. The van der Waals surface area contributed by atoms with Crippen LogP contribution in [0.2, 0.25) is 0 Å². The Bertz CT molecular complexity index is 656. The molecule has 0 amide bonds. The molecule has 0 aliphatic rings. The minimum atomic E-state index is -0.880. The van der Waals surface area contributed by atoms with Gasteiger partial charge in [0.25, 0.3) is 0 Å². The lowest BCUT2D eigenvalue weighted by atomic mass is 10.3. The van der Waals surface area contributed by atoms with E-state index in [0.29, 0.717) is 16.7 Å². The lowest BCUT2D eigenvalue weighted by molar-refractivity contribution is -0.133. The maximum absolute atomic E-state index is 10.7. The molecule has 0 unspecified atom stereocenters. The molecule has 0 fully saturated rings. The number of allylic oxidation sites excluding steroid dienone is 1. The van der Waals surface area contributed by atoms with Crippen LogP contribution >= 0.6 is 39.3 Å². The Hall–Kier alpha value is -0.980. The number of rotatable bonds is 5. The number of carbonyl (C=O) groups is 1. The van der Waals surface area contributed by atoms with Crippen LogP contribution in [0.5, 0.6) is 0 Å². The number of carboxylic acid groups (broad SMARTS) is 1. The summed E-state index contributed by atoms with van der Waals surface area (Å²) in [6.07, 6.45) is 0. The highest BCUT2D eigenvalue weighted by Gasteiger charge is 2.13. The van der Waals surface area contributed by atoms with Gasteiger partial charge >= 0.3 is 5.97 Å². The molecule has 1 heterocycles. The number of nitrogens with zero attached hydrogens (tertiary/aromatic N) is 2. The summed E-state index contributed by atoms with van der Waals surface area (Å²) < 4.78 is 2.79. The SMILES string of the molecule is C=C(Cl)Cn1c(SCC(=O)O)nc2cc(Br)ccc21. The van der Waals surface area contributed by atoms with Crippen molar-refractivity contribution in [3.63, 3.8) is 0 Å². The summed E-state index contributed by atoms with van der Waals surface area (Å²) in [5.74, 6) is -0.923. The van der Waals surface area contributed by atoms with Crippen molar-refractivity contribution in [1.82, 2.24) is 9.55 Å². The Morgan fingerprint density at radius 3 is 2.95 bits per heavy atom. The Balaban J connectivity index is 2.47. The average molecular weight is 362 g/mol. The lowest BCUT2D eigenvalue weighted by Gasteiger charge is -2.06. The van der Waals surface area contributed by atoms with E-state index in [9.17, 15) is 4.79 Å². The van der Waals surface area contributed by atoms with Gasteiger partial charge in [0.1, 0.15) is 0 Å². The van der Waals surface area contributed by atoms with E-state index in [1.807, 2.05) is 22.8 Å². The minimum absolute atomic E-state index is 0.0424. The van der Waals surface area contributed by atoms with E-state index >= 15 is 0 Å². The second-order valence-electron chi connectivity index (χ2n) is 3.81. The smallest absolute Gasteiger partial charge is 0.313 e. The normalized spacial score (nSPS) is 10.8. The summed E-state index contributed by atoms with van der Waals surface area (Å²) in [6.45, 7) is 4.08. The molecule has 0 bridgehead atoms. The number of thioether (sulfide) groups is 1. The van der Waals surface area contributed by atoms with Gasteiger partial charge in [0.15, 0.2) is 5.16 Å². The van der Waals surface area contributed by atoms with Crippen LogP contribution in [0.15, 0.2) is 39.4 Å². The first-order valence-corrected chi connectivity index (χ1v) is 7.46. The molecule has 1 aromatic heterocycles.